The summed E-state index contributed by atoms with van der Waals surface area (Å²) in [6, 6.07) is 11.9. The average molecular weight is 542 g/mol. The molecule has 0 spiro atoms. The second-order valence-electron chi connectivity index (χ2n) is 11.4. The minimum atomic E-state index is -1.43. The van der Waals surface area contributed by atoms with Crippen molar-refractivity contribution in [2.75, 3.05) is 25.0 Å². The standard InChI is InChI=1S/C30H40N2O5S/c1-20-11-13-23(14-12-20)28(34)32(24-15-17-31(5)18-16-24)25-19-26(22-9-7-6-8-10-22)38-27(25)29(35)37-30(3,4)36-21(2)33/h6-10,19-20,23-24H,11-18H2,1-5H3/p+1. The Morgan fingerprint density at radius 1 is 0.974 bits per heavy atom. The Morgan fingerprint density at radius 3 is 2.21 bits per heavy atom. The summed E-state index contributed by atoms with van der Waals surface area (Å²) in [5.41, 5.74) is 1.59. The maximum Gasteiger partial charge on any atom is 0.353 e. The molecule has 0 atom stereocenters. The molecule has 1 aliphatic carbocycles. The van der Waals surface area contributed by atoms with Gasteiger partial charge in [-0.15, -0.1) is 11.3 Å². The number of ether oxygens (including phenoxy) is 2. The third-order valence-corrected chi connectivity index (χ3v) is 8.87. The molecule has 7 nitrogen and oxygen atoms in total. The van der Waals surface area contributed by atoms with Crippen LogP contribution in [0.4, 0.5) is 5.69 Å². The van der Waals surface area contributed by atoms with Gasteiger partial charge >= 0.3 is 11.9 Å². The van der Waals surface area contributed by atoms with Crippen LogP contribution in [-0.2, 0) is 19.1 Å². The summed E-state index contributed by atoms with van der Waals surface area (Å²) in [7, 11) is 2.18. The number of quaternary nitrogens is 1. The number of esters is 2. The number of thiophene rings is 1. The lowest BCUT2D eigenvalue weighted by Crippen LogP contribution is -3.10. The van der Waals surface area contributed by atoms with Crippen LogP contribution in [0, 0.1) is 11.8 Å². The fraction of sp³-hybridized carbons (Fsp3) is 0.567. The SMILES string of the molecule is CC(=O)OC(C)(C)OC(=O)c1sc(-c2ccccc2)cc1N(C(=O)C1CCC(C)CC1)C1CC[NH+](C)CC1. The molecule has 1 aromatic heterocycles. The number of piperidine rings is 1. The van der Waals surface area contributed by atoms with Gasteiger partial charge in [0, 0.05) is 50.4 Å². The van der Waals surface area contributed by atoms with Crippen molar-refractivity contribution in [3.05, 3.63) is 41.3 Å². The lowest BCUT2D eigenvalue weighted by Gasteiger charge is -2.38. The second kappa shape index (κ2) is 12.0. The summed E-state index contributed by atoms with van der Waals surface area (Å²) in [6.07, 6.45) is 5.61. The van der Waals surface area contributed by atoms with E-state index in [1.165, 1.54) is 23.2 Å². The van der Waals surface area contributed by atoms with Crippen LogP contribution in [0.5, 0.6) is 0 Å². The number of rotatable bonds is 7. The number of carbonyl (C=O) groups is 3. The molecule has 1 aliphatic heterocycles. The maximum absolute atomic E-state index is 14.2. The highest BCUT2D eigenvalue weighted by atomic mass is 32.1. The number of anilines is 1. The number of nitrogens with one attached hydrogen (secondary N) is 1. The summed E-state index contributed by atoms with van der Waals surface area (Å²) in [4.78, 5) is 44.1. The van der Waals surface area contributed by atoms with Crippen LogP contribution < -0.4 is 9.80 Å². The molecule has 1 saturated carbocycles. The summed E-state index contributed by atoms with van der Waals surface area (Å²) in [5.74, 6) is -1.84. The average Bonchev–Trinajstić information content (AvgIpc) is 3.30. The van der Waals surface area contributed by atoms with Gasteiger partial charge in [-0.25, -0.2) is 4.79 Å². The Labute approximate surface area is 230 Å². The number of hydrogen-bond donors (Lipinski definition) is 1. The lowest BCUT2D eigenvalue weighted by atomic mass is 9.82. The summed E-state index contributed by atoms with van der Waals surface area (Å²) in [6.45, 7) is 8.58. The molecule has 2 aromatic rings. The summed E-state index contributed by atoms with van der Waals surface area (Å²) < 4.78 is 10.9. The van der Waals surface area contributed by atoms with Crippen LogP contribution in [-0.4, -0.2) is 49.8 Å². The first-order valence-corrected chi connectivity index (χ1v) is 14.6. The van der Waals surface area contributed by atoms with Crippen molar-refractivity contribution >= 4 is 34.9 Å². The fourth-order valence-electron chi connectivity index (χ4n) is 5.64. The van der Waals surface area contributed by atoms with Crippen molar-refractivity contribution in [1.29, 1.82) is 0 Å². The minimum Gasteiger partial charge on any atom is -0.423 e. The van der Waals surface area contributed by atoms with Crippen LogP contribution >= 0.6 is 11.3 Å². The Kier molecular flexibility index (Phi) is 8.93. The van der Waals surface area contributed by atoms with E-state index in [1.807, 2.05) is 41.3 Å². The van der Waals surface area contributed by atoms with E-state index in [0.29, 0.717) is 16.5 Å². The predicted molar refractivity (Wildman–Crippen MR) is 149 cm³/mol. The Bertz CT molecular complexity index is 1130. The highest BCUT2D eigenvalue weighted by Crippen LogP contribution is 2.41. The summed E-state index contributed by atoms with van der Waals surface area (Å²) in [5, 5.41) is 0. The molecule has 0 radical (unpaired) electrons. The molecule has 2 fully saturated rings. The maximum atomic E-state index is 14.2. The number of hydrogen-bond acceptors (Lipinski definition) is 6. The molecule has 1 aromatic carbocycles. The van der Waals surface area contributed by atoms with Gasteiger partial charge in [0.1, 0.15) is 4.88 Å². The van der Waals surface area contributed by atoms with Gasteiger partial charge < -0.3 is 19.3 Å². The van der Waals surface area contributed by atoms with Crippen molar-refractivity contribution in [2.24, 2.45) is 11.8 Å². The molecule has 2 aliphatic rings. The van der Waals surface area contributed by atoms with Crippen LogP contribution in [0.25, 0.3) is 10.4 Å². The zero-order valence-corrected chi connectivity index (χ0v) is 24.1. The third kappa shape index (κ3) is 6.83. The molecule has 0 unspecified atom stereocenters. The normalized spacial score (nSPS) is 23.9. The topological polar surface area (TPSA) is 77.3 Å². The zero-order chi connectivity index (χ0) is 27.4. The van der Waals surface area contributed by atoms with E-state index in [4.69, 9.17) is 9.47 Å². The molecule has 38 heavy (non-hydrogen) atoms. The van der Waals surface area contributed by atoms with Gasteiger partial charge in [0.2, 0.25) is 5.91 Å². The molecule has 4 rings (SSSR count). The highest BCUT2D eigenvalue weighted by molar-refractivity contribution is 7.18. The van der Waals surface area contributed by atoms with Gasteiger partial charge in [-0.05, 0) is 43.2 Å². The van der Waals surface area contributed by atoms with Crippen molar-refractivity contribution in [2.45, 2.75) is 78.0 Å². The van der Waals surface area contributed by atoms with Crippen molar-refractivity contribution < 1.29 is 28.8 Å². The number of likely N-dealkylation sites (tertiary alicyclic amines) is 1. The van der Waals surface area contributed by atoms with Crippen molar-refractivity contribution in [1.82, 2.24) is 0 Å². The molecule has 8 heteroatoms. The third-order valence-electron chi connectivity index (χ3n) is 7.72. The van der Waals surface area contributed by atoms with Crippen LogP contribution in [0.3, 0.4) is 0 Å². The van der Waals surface area contributed by atoms with E-state index in [2.05, 4.69) is 14.0 Å². The van der Waals surface area contributed by atoms with E-state index in [-0.39, 0.29) is 17.9 Å². The first-order chi connectivity index (χ1) is 18.0. The molecular formula is C30H41N2O5S+. The highest BCUT2D eigenvalue weighted by Gasteiger charge is 2.39. The van der Waals surface area contributed by atoms with Crippen LogP contribution in [0.1, 0.15) is 75.9 Å². The first-order valence-electron chi connectivity index (χ1n) is 13.8. The predicted octanol–water partition coefficient (Wildman–Crippen LogP) is 4.71. The lowest BCUT2D eigenvalue weighted by molar-refractivity contribution is -0.884. The van der Waals surface area contributed by atoms with Gasteiger partial charge in [-0.3, -0.25) is 9.59 Å². The van der Waals surface area contributed by atoms with Gasteiger partial charge in [0.15, 0.2) is 0 Å². The van der Waals surface area contributed by atoms with E-state index in [0.717, 1.165) is 62.1 Å². The number of amides is 1. The quantitative estimate of drug-likeness (QED) is 0.406. The molecule has 0 bridgehead atoms. The second-order valence-corrected chi connectivity index (χ2v) is 12.5. The Hall–Kier alpha value is -2.71. The molecular weight excluding hydrogens is 500 g/mol. The van der Waals surface area contributed by atoms with Gasteiger partial charge in [-0.1, -0.05) is 37.3 Å². The molecule has 206 valence electrons. The molecule has 1 amide bonds. The van der Waals surface area contributed by atoms with E-state index < -0.39 is 17.7 Å². The number of benzene rings is 1. The van der Waals surface area contributed by atoms with Gasteiger partial charge in [0.25, 0.3) is 5.79 Å². The van der Waals surface area contributed by atoms with Gasteiger partial charge in [-0.2, -0.15) is 0 Å². The van der Waals surface area contributed by atoms with Crippen LogP contribution in [0.2, 0.25) is 0 Å². The molecule has 2 heterocycles. The Balaban J connectivity index is 1.76. The van der Waals surface area contributed by atoms with Crippen molar-refractivity contribution in [3.8, 4) is 10.4 Å². The van der Waals surface area contributed by atoms with E-state index >= 15 is 0 Å². The monoisotopic (exact) mass is 541 g/mol. The van der Waals surface area contributed by atoms with Crippen molar-refractivity contribution in [3.63, 3.8) is 0 Å². The Morgan fingerprint density at radius 2 is 1.61 bits per heavy atom. The van der Waals surface area contributed by atoms with E-state index in [1.54, 1.807) is 13.8 Å². The van der Waals surface area contributed by atoms with Crippen LogP contribution in [0.15, 0.2) is 36.4 Å². The molecule has 1 saturated heterocycles. The zero-order valence-electron chi connectivity index (χ0n) is 23.2. The smallest absolute Gasteiger partial charge is 0.353 e. The largest absolute Gasteiger partial charge is 0.423 e. The first kappa shape index (κ1) is 28.3. The van der Waals surface area contributed by atoms with E-state index in [9.17, 15) is 14.4 Å². The minimum absolute atomic E-state index is 0.0248. The summed E-state index contributed by atoms with van der Waals surface area (Å²) >= 11 is 1.32. The fourth-order valence-corrected chi connectivity index (χ4v) is 6.67. The molecule has 1 N–H and O–H groups in total. The number of nitrogens with zero attached hydrogens (tertiary/aromatic N) is 1. The number of carbonyl (C=O) groups excluding carboxylic acids is 3. The van der Waals surface area contributed by atoms with Gasteiger partial charge in [0.05, 0.1) is 25.8 Å².